The molecule has 3 rings (SSSR count). The van der Waals surface area contributed by atoms with Crippen molar-refractivity contribution in [2.75, 3.05) is 13.2 Å². The molecule has 1 aromatic carbocycles. The zero-order valence-corrected chi connectivity index (χ0v) is 11.1. The van der Waals surface area contributed by atoms with Gasteiger partial charge in [-0.05, 0) is 26.0 Å². The van der Waals surface area contributed by atoms with E-state index in [1.807, 2.05) is 6.07 Å². The number of benzene rings is 1. The van der Waals surface area contributed by atoms with Crippen molar-refractivity contribution < 1.29 is 9.13 Å². The number of rotatable bonds is 1. The third kappa shape index (κ3) is 2.14. The van der Waals surface area contributed by atoms with E-state index in [1.165, 1.54) is 12.1 Å². The summed E-state index contributed by atoms with van der Waals surface area (Å²) in [5, 5.41) is 8.47. The predicted molar refractivity (Wildman–Crippen MR) is 69.3 cm³/mol. The van der Waals surface area contributed by atoms with E-state index in [-0.39, 0.29) is 11.4 Å². The zero-order valence-electron chi connectivity index (χ0n) is 11.1. The summed E-state index contributed by atoms with van der Waals surface area (Å²) in [6.45, 7) is 5.40. The molecule has 0 unspecified atom stereocenters. The van der Waals surface area contributed by atoms with Crippen molar-refractivity contribution >= 4 is 0 Å². The highest BCUT2D eigenvalue weighted by molar-refractivity contribution is 5.55. The largest absolute Gasteiger partial charge is 0.379 e. The van der Waals surface area contributed by atoms with E-state index in [2.05, 4.69) is 28.6 Å². The van der Waals surface area contributed by atoms with E-state index in [1.54, 1.807) is 6.07 Å². The van der Waals surface area contributed by atoms with E-state index in [4.69, 9.17) is 4.74 Å². The van der Waals surface area contributed by atoms with Gasteiger partial charge in [0.15, 0.2) is 5.82 Å². The van der Waals surface area contributed by atoms with Gasteiger partial charge in [-0.15, -0.1) is 10.2 Å². The van der Waals surface area contributed by atoms with Gasteiger partial charge in [0.05, 0.1) is 18.8 Å². The van der Waals surface area contributed by atoms with Gasteiger partial charge in [-0.3, -0.25) is 0 Å². The van der Waals surface area contributed by atoms with Gasteiger partial charge in [0.1, 0.15) is 11.6 Å². The first-order chi connectivity index (χ1) is 9.08. The first-order valence-electron chi connectivity index (χ1n) is 6.36. The molecule has 1 aliphatic rings. The average molecular weight is 261 g/mol. The molecule has 2 heterocycles. The molecule has 0 aliphatic carbocycles. The minimum absolute atomic E-state index is 0.239. The minimum Gasteiger partial charge on any atom is -0.379 e. The molecule has 100 valence electrons. The molecule has 1 aromatic heterocycles. The molecular formula is C14H16FN3O. The molecule has 0 saturated carbocycles. The maximum absolute atomic E-state index is 13.4. The standard InChI is InChI=1S/C14H16FN3O/c1-14(2)9-19-7-6-12-16-17-13(18(12)14)10-4-3-5-11(15)8-10/h3-5,8H,6-7,9H2,1-2H3. The fourth-order valence-corrected chi connectivity index (χ4v) is 2.48. The smallest absolute Gasteiger partial charge is 0.164 e. The first-order valence-corrected chi connectivity index (χ1v) is 6.36. The molecule has 19 heavy (non-hydrogen) atoms. The maximum Gasteiger partial charge on any atom is 0.164 e. The lowest BCUT2D eigenvalue weighted by Crippen LogP contribution is -2.32. The zero-order chi connectivity index (χ0) is 13.5. The molecule has 0 spiro atoms. The highest BCUT2D eigenvalue weighted by Gasteiger charge is 2.30. The molecule has 0 radical (unpaired) electrons. The Morgan fingerprint density at radius 1 is 1.32 bits per heavy atom. The Balaban J connectivity index is 2.17. The Morgan fingerprint density at radius 2 is 2.16 bits per heavy atom. The van der Waals surface area contributed by atoms with Crippen molar-refractivity contribution in [3.63, 3.8) is 0 Å². The van der Waals surface area contributed by atoms with Crippen LogP contribution in [0.5, 0.6) is 0 Å². The van der Waals surface area contributed by atoms with Gasteiger partial charge in [-0.25, -0.2) is 4.39 Å². The Kier molecular flexibility index (Phi) is 2.86. The summed E-state index contributed by atoms with van der Waals surface area (Å²) in [6, 6.07) is 6.45. The summed E-state index contributed by atoms with van der Waals surface area (Å²) >= 11 is 0. The molecule has 4 nitrogen and oxygen atoms in total. The lowest BCUT2D eigenvalue weighted by molar-refractivity contribution is 0.0843. The molecular weight excluding hydrogens is 245 g/mol. The molecule has 5 heteroatoms. The average Bonchev–Trinajstić information content (AvgIpc) is 2.73. The van der Waals surface area contributed by atoms with Gasteiger partial charge in [-0.1, -0.05) is 12.1 Å². The summed E-state index contributed by atoms with van der Waals surface area (Å²) in [5.41, 5.74) is 0.505. The van der Waals surface area contributed by atoms with Crippen molar-refractivity contribution in [3.05, 3.63) is 35.9 Å². The minimum atomic E-state index is -0.266. The number of halogens is 1. The highest BCUT2D eigenvalue weighted by Crippen LogP contribution is 2.28. The van der Waals surface area contributed by atoms with Gasteiger partial charge >= 0.3 is 0 Å². The fraction of sp³-hybridized carbons (Fsp3) is 0.429. The van der Waals surface area contributed by atoms with Crippen LogP contribution in [0.3, 0.4) is 0 Å². The van der Waals surface area contributed by atoms with E-state index in [0.717, 1.165) is 17.8 Å². The van der Waals surface area contributed by atoms with Crippen molar-refractivity contribution in [2.45, 2.75) is 25.8 Å². The van der Waals surface area contributed by atoms with Crippen LogP contribution in [0.2, 0.25) is 0 Å². The second-order valence-corrected chi connectivity index (χ2v) is 5.40. The Morgan fingerprint density at radius 3 is 2.95 bits per heavy atom. The lowest BCUT2D eigenvalue weighted by Gasteiger charge is -2.27. The molecule has 2 aromatic rings. The summed E-state index contributed by atoms with van der Waals surface area (Å²) in [5.74, 6) is 1.32. The Labute approximate surface area is 111 Å². The quantitative estimate of drug-likeness (QED) is 0.791. The molecule has 0 N–H and O–H groups in total. The van der Waals surface area contributed by atoms with Crippen LogP contribution in [-0.2, 0) is 16.7 Å². The van der Waals surface area contributed by atoms with Crippen molar-refractivity contribution in [1.29, 1.82) is 0 Å². The van der Waals surface area contributed by atoms with Crippen LogP contribution in [0.15, 0.2) is 24.3 Å². The molecule has 0 bridgehead atoms. The molecule has 0 amide bonds. The van der Waals surface area contributed by atoms with Gasteiger partial charge < -0.3 is 9.30 Å². The second kappa shape index (κ2) is 4.42. The van der Waals surface area contributed by atoms with Crippen LogP contribution in [0.1, 0.15) is 19.7 Å². The van der Waals surface area contributed by atoms with Crippen LogP contribution in [0.4, 0.5) is 4.39 Å². The van der Waals surface area contributed by atoms with Crippen molar-refractivity contribution in [2.24, 2.45) is 0 Å². The fourth-order valence-electron chi connectivity index (χ4n) is 2.48. The predicted octanol–water partition coefficient (Wildman–Crippen LogP) is 2.39. The molecule has 0 fully saturated rings. The van der Waals surface area contributed by atoms with E-state index in [9.17, 15) is 4.39 Å². The van der Waals surface area contributed by atoms with Gasteiger partial charge in [-0.2, -0.15) is 0 Å². The van der Waals surface area contributed by atoms with Crippen LogP contribution in [0.25, 0.3) is 11.4 Å². The molecule has 1 aliphatic heterocycles. The normalized spacial score (nSPS) is 17.8. The number of nitrogens with zero attached hydrogens (tertiary/aromatic N) is 3. The van der Waals surface area contributed by atoms with Gasteiger partial charge in [0.2, 0.25) is 0 Å². The first kappa shape index (κ1) is 12.3. The Bertz CT molecular complexity index is 606. The molecule has 0 saturated heterocycles. The van der Waals surface area contributed by atoms with Crippen molar-refractivity contribution in [3.8, 4) is 11.4 Å². The molecule has 0 atom stereocenters. The van der Waals surface area contributed by atoms with Crippen LogP contribution in [0, 0.1) is 5.82 Å². The number of hydrogen-bond acceptors (Lipinski definition) is 3. The van der Waals surface area contributed by atoms with Crippen LogP contribution in [-0.4, -0.2) is 28.0 Å². The van der Waals surface area contributed by atoms with E-state index < -0.39 is 0 Å². The van der Waals surface area contributed by atoms with Crippen molar-refractivity contribution in [1.82, 2.24) is 14.8 Å². The van der Waals surface area contributed by atoms with Gasteiger partial charge in [0, 0.05) is 12.0 Å². The monoisotopic (exact) mass is 261 g/mol. The third-order valence-corrected chi connectivity index (χ3v) is 3.34. The topological polar surface area (TPSA) is 39.9 Å². The summed E-state index contributed by atoms with van der Waals surface area (Å²) in [7, 11) is 0. The third-order valence-electron chi connectivity index (χ3n) is 3.34. The number of hydrogen-bond donors (Lipinski definition) is 0. The maximum atomic E-state index is 13.4. The van der Waals surface area contributed by atoms with E-state index in [0.29, 0.717) is 19.0 Å². The lowest BCUT2D eigenvalue weighted by atomic mass is 10.1. The summed E-state index contributed by atoms with van der Waals surface area (Å²) < 4.78 is 21.0. The van der Waals surface area contributed by atoms with Crippen LogP contribution >= 0.6 is 0 Å². The van der Waals surface area contributed by atoms with Gasteiger partial charge in [0.25, 0.3) is 0 Å². The van der Waals surface area contributed by atoms with E-state index >= 15 is 0 Å². The number of fused-ring (bicyclic) bond motifs is 1. The van der Waals surface area contributed by atoms with Crippen LogP contribution < -0.4 is 0 Å². The number of ether oxygens (including phenoxy) is 1. The Hall–Kier alpha value is -1.75. The summed E-state index contributed by atoms with van der Waals surface area (Å²) in [4.78, 5) is 0. The SMILES string of the molecule is CC1(C)COCCc2nnc(-c3cccc(F)c3)n21. The highest BCUT2D eigenvalue weighted by atomic mass is 19.1. The summed E-state index contributed by atoms with van der Waals surface area (Å²) in [6.07, 6.45) is 0.728. The number of aromatic nitrogens is 3. The second-order valence-electron chi connectivity index (χ2n) is 5.40.